The van der Waals surface area contributed by atoms with Crippen molar-refractivity contribution in [2.24, 2.45) is 0 Å². The zero-order valence-corrected chi connectivity index (χ0v) is 70.5. The molecule has 8 rings (SSSR count). The Morgan fingerprint density at radius 3 is 0.689 bits per heavy atom. The van der Waals surface area contributed by atoms with Crippen molar-refractivity contribution in [3.8, 4) is 57.5 Å². The highest BCUT2D eigenvalue weighted by molar-refractivity contribution is 5.92. The minimum atomic E-state index is -0.571. The summed E-state index contributed by atoms with van der Waals surface area (Å²) in [6.45, 7) is 4.52. The molecule has 0 aromatic heterocycles. The van der Waals surface area contributed by atoms with Crippen LogP contribution in [0, 0.1) is 0 Å². The van der Waals surface area contributed by atoms with Crippen LogP contribution in [0.15, 0.2) is 194 Å². The van der Waals surface area contributed by atoms with Crippen LogP contribution in [0.4, 0.5) is 11.4 Å². The van der Waals surface area contributed by atoms with Crippen molar-refractivity contribution < 1.29 is 105 Å². The first-order valence-electron chi connectivity index (χ1n) is 41.7. The summed E-state index contributed by atoms with van der Waals surface area (Å²) in [7, 11) is 5.36. The van der Waals surface area contributed by atoms with Crippen molar-refractivity contribution in [1.82, 2.24) is 0 Å². The Balaban J connectivity index is 0.916. The van der Waals surface area contributed by atoms with Crippen LogP contribution in [-0.2, 0) is 60.8 Å². The molecule has 650 valence electrons. The van der Waals surface area contributed by atoms with Crippen molar-refractivity contribution in [2.75, 3.05) is 106 Å². The Hall–Kier alpha value is -12.9. The fraction of sp³-hybridized carbons (Fsp3) is 0.367. The maximum absolute atomic E-state index is 14.2. The van der Waals surface area contributed by atoms with Gasteiger partial charge < -0.3 is 87.3 Å². The molecule has 0 saturated heterocycles. The fourth-order valence-electron chi connectivity index (χ4n) is 12.2. The van der Waals surface area contributed by atoms with E-state index in [1.54, 1.807) is 48.6 Å². The summed E-state index contributed by atoms with van der Waals surface area (Å²) in [5.41, 5.74) is 18.0. The number of esters is 6. The summed E-state index contributed by atoms with van der Waals surface area (Å²) in [4.78, 5) is 73.0. The van der Waals surface area contributed by atoms with Crippen LogP contribution < -0.4 is 58.8 Å². The van der Waals surface area contributed by atoms with Gasteiger partial charge in [-0.25, -0.2) is 28.8 Å². The van der Waals surface area contributed by atoms with E-state index < -0.39 is 35.8 Å². The van der Waals surface area contributed by atoms with Crippen LogP contribution in [0.1, 0.15) is 183 Å². The number of hydrogen-bond acceptors (Lipinski definition) is 24. The number of nitrogen functional groups attached to an aromatic ring is 2. The number of unbranched alkanes of at least 4 members (excludes halogenated alkanes) is 15. The van der Waals surface area contributed by atoms with E-state index in [0.717, 1.165) is 166 Å². The Bertz CT molecular complexity index is 4130. The summed E-state index contributed by atoms with van der Waals surface area (Å²) in [5, 5.41) is 0. The number of benzene rings is 8. The van der Waals surface area contributed by atoms with Crippen LogP contribution in [0.2, 0.25) is 0 Å². The number of carbonyl (C=O) groups is 6. The molecule has 24 nitrogen and oxygen atoms in total. The molecule has 0 aliphatic heterocycles. The van der Waals surface area contributed by atoms with Crippen LogP contribution in [0.3, 0.4) is 0 Å². The monoisotopic (exact) mass is 1670 g/mol. The Morgan fingerprint density at radius 2 is 0.451 bits per heavy atom. The highest BCUT2D eigenvalue weighted by Gasteiger charge is 2.17. The Labute approximate surface area is 716 Å². The number of methoxy groups -OCH3 is 4. The maximum Gasteiger partial charge on any atom is 0.338 e. The van der Waals surface area contributed by atoms with Gasteiger partial charge in [-0.2, -0.15) is 0 Å². The molecule has 0 atom stereocenters. The second kappa shape index (κ2) is 55.8. The van der Waals surface area contributed by atoms with E-state index in [0.29, 0.717) is 118 Å². The van der Waals surface area contributed by atoms with Gasteiger partial charge in [-0.3, -0.25) is 0 Å². The largest absolute Gasteiger partial charge is 0.494 e. The molecule has 4 N–H and O–H groups in total. The number of hydrogen-bond donors (Lipinski definition) is 2. The molecular weight excluding hydrogens is 1560 g/mol. The predicted molar refractivity (Wildman–Crippen MR) is 470 cm³/mol. The van der Waals surface area contributed by atoms with E-state index in [-0.39, 0.29) is 37.6 Å². The molecule has 122 heavy (non-hydrogen) atoms. The molecule has 0 amide bonds. The summed E-state index contributed by atoms with van der Waals surface area (Å²) in [6, 6.07) is 51.2. The zero-order valence-electron chi connectivity index (χ0n) is 70.5. The molecule has 0 spiro atoms. The number of nitrogens with two attached hydrogens (primary N) is 2. The standard InChI is InChI=1S/C98H116N2O22/c1-107-93(101)45-33-73-25-37-83(38-26-73)111-49-15-5-9-19-53-115-87-59-77(60-88(68-87)116-54-20-10-6-16-50-112-84-39-27-74(28-40-84)34-46-94(102)108-2)71-121-91-65-80(98(106)120-58-24-14-13-23-57-119-97(105)79-63-81(99)67-82(100)64-79)66-92(70-91)122-72-78-61-89(117-55-21-11-7-17-51-113-85-41-29-75(30-42-85)35-47-95(103)109-3)69-90(62-78)118-56-22-12-8-18-52-114-86-43-31-76(32-44-86)36-48-96(104)110-4/h25-48,59-70H,5-24,49-58,71-72,99-100H2,1-4H3/b45-33+,46-34+,47-35+,48-36+. The van der Waals surface area contributed by atoms with Gasteiger partial charge in [0.2, 0.25) is 0 Å². The quantitative estimate of drug-likeness (QED) is 0.0118. The second-order valence-electron chi connectivity index (χ2n) is 28.6. The molecule has 0 aliphatic carbocycles. The number of carbonyl (C=O) groups excluding carboxylic acids is 6. The van der Waals surface area contributed by atoms with Crippen LogP contribution in [0.25, 0.3) is 24.3 Å². The van der Waals surface area contributed by atoms with Gasteiger partial charge in [0.1, 0.15) is 70.7 Å². The van der Waals surface area contributed by atoms with Gasteiger partial charge in [-0.1, -0.05) is 48.5 Å². The molecule has 0 saturated carbocycles. The SMILES string of the molecule is COC(=O)/C=C/c1ccc(OCCCCCCOc2cc(COc3cc(OCc4cc(OCCCCCCOc5ccc(/C=C/C(=O)OC)cc5)cc(OCCCCCCOc5ccc(/C=C/C(=O)OC)cc5)c4)cc(C(=O)OCCCCCCOC(=O)c4cc(N)cc(N)c4)c3)cc(OCCCCCCOc3ccc(/C=C/C(=O)OC)cc3)c2)cc1. The summed E-state index contributed by atoms with van der Waals surface area (Å²) in [5.74, 6) is 3.37. The maximum atomic E-state index is 14.2. The third kappa shape index (κ3) is 38.9. The fourth-order valence-corrected chi connectivity index (χ4v) is 12.2. The van der Waals surface area contributed by atoms with Crippen molar-refractivity contribution in [2.45, 2.75) is 142 Å². The van der Waals surface area contributed by atoms with Gasteiger partial charge in [-0.15, -0.1) is 0 Å². The van der Waals surface area contributed by atoms with Crippen LogP contribution >= 0.6 is 0 Å². The average molecular weight is 1670 g/mol. The third-order valence-corrected chi connectivity index (χ3v) is 18.8. The van der Waals surface area contributed by atoms with Gasteiger partial charge in [0, 0.05) is 53.9 Å². The number of ether oxygens (including phenoxy) is 16. The van der Waals surface area contributed by atoms with Gasteiger partial charge in [0.25, 0.3) is 0 Å². The summed E-state index contributed by atoms with van der Waals surface area (Å²) >= 11 is 0. The van der Waals surface area contributed by atoms with Crippen molar-refractivity contribution in [1.29, 1.82) is 0 Å². The molecule has 0 heterocycles. The summed E-state index contributed by atoms with van der Waals surface area (Å²) < 4.78 is 93.1. The highest BCUT2D eigenvalue weighted by atomic mass is 16.6. The first-order chi connectivity index (χ1) is 59.6. The van der Waals surface area contributed by atoms with Gasteiger partial charge in [-0.05, 0) is 289 Å². The van der Waals surface area contributed by atoms with E-state index in [2.05, 4.69) is 0 Å². The highest BCUT2D eigenvalue weighted by Crippen LogP contribution is 2.32. The molecule has 8 aromatic carbocycles. The molecule has 0 fully saturated rings. The lowest BCUT2D eigenvalue weighted by Crippen LogP contribution is -2.09. The minimum absolute atomic E-state index is 0.0680. The zero-order chi connectivity index (χ0) is 86.4. The molecular formula is C98H116N2O22. The molecule has 0 radical (unpaired) electrons. The minimum Gasteiger partial charge on any atom is -0.494 e. The smallest absolute Gasteiger partial charge is 0.338 e. The Kier molecular flexibility index (Phi) is 43.3. The lowest BCUT2D eigenvalue weighted by atomic mass is 10.1. The normalized spacial score (nSPS) is 11.1. The number of rotatable bonds is 59. The average Bonchev–Trinajstić information content (AvgIpc) is 0.842. The van der Waals surface area contributed by atoms with Crippen LogP contribution in [0.5, 0.6) is 57.5 Å². The van der Waals surface area contributed by atoms with E-state index >= 15 is 0 Å². The lowest BCUT2D eigenvalue weighted by molar-refractivity contribution is -0.135. The van der Waals surface area contributed by atoms with E-state index in [9.17, 15) is 28.8 Å². The molecule has 0 bridgehead atoms. The van der Waals surface area contributed by atoms with Crippen molar-refractivity contribution in [3.05, 3.63) is 239 Å². The van der Waals surface area contributed by atoms with Gasteiger partial charge in [0.05, 0.1) is 106 Å². The Morgan fingerprint density at radius 1 is 0.238 bits per heavy atom. The topological polar surface area (TPSA) is 302 Å². The van der Waals surface area contributed by atoms with Crippen molar-refractivity contribution >= 4 is 71.5 Å². The molecule has 24 heteroatoms. The van der Waals surface area contributed by atoms with Crippen LogP contribution in [-0.4, -0.2) is 130 Å². The predicted octanol–water partition coefficient (Wildman–Crippen LogP) is 19.4. The van der Waals surface area contributed by atoms with E-state index in [4.69, 9.17) is 87.3 Å². The first-order valence-corrected chi connectivity index (χ1v) is 41.7. The van der Waals surface area contributed by atoms with Gasteiger partial charge in [0.15, 0.2) is 0 Å². The number of anilines is 2. The van der Waals surface area contributed by atoms with Crippen molar-refractivity contribution in [3.63, 3.8) is 0 Å². The second-order valence-corrected chi connectivity index (χ2v) is 28.6. The third-order valence-electron chi connectivity index (χ3n) is 18.8. The van der Waals surface area contributed by atoms with E-state index in [1.165, 1.54) is 64.9 Å². The first kappa shape index (κ1) is 94.6. The summed E-state index contributed by atoms with van der Waals surface area (Å²) in [6.07, 6.45) is 28.8. The molecule has 8 aromatic rings. The van der Waals surface area contributed by atoms with Gasteiger partial charge >= 0.3 is 35.8 Å². The lowest BCUT2D eigenvalue weighted by Gasteiger charge is -2.16. The molecule has 0 unspecified atom stereocenters. The van der Waals surface area contributed by atoms with E-state index in [1.807, 2.05) is 133 Å². The molecule has 0 aliphatic rings.